The Balaban J connectivity index is 1.87. The van der Waals surface area contributed by atoms with Crippen LogP contribution in [0.15, 0.2) is 60.0 Å². The number of para-hydroxylation sites is 1. The molecule has 1 N–H and O–H groups in total. The second kappa shape index (κ2) is 7.16. The maximum absolute atomic E-state index is 14.3. The molecular formula is C17H15FN4O4S. The Morgan fingerprint density at radius 1 is 1.30 bits per heavy atom. The minimum Gasteiger partial charge on any atom is -0.375 e. The summed E-state index contributed by atoms with van der Waals surface area (Å²) < 4.78 is 39.4. The van der Waals surface area contributed by atoms with Gasteiger partial charge < -0.3 is 9.88 Å². The molecule has 0 bridgehead atoms. The molecule has 0 saturated carbocycles. The highest BCUT2D eigenvalue weighted by Gasteiger charge is 2.25. The maximum atomic E-state index is 14.3. The van der Waals surface area contributed by atoms with Crippen molar-refractivity contribution in [3.05, 3.63) is 76.6 Å². The highest BCUT2D eigenvalue weighted by Crippen LogP contribution is 2.32. The van der Waals surface area contributed by atoms with Crippen LogP contribution in [0.3, 0.4) is 0 Å². The van der Waals surface area contributed by atoms with Crippen molar-refractivity contribution in [3.63, 3.8) is 0 Å². The van der Waals surface area contributed by atoms with Crippen LogP contribution in [0.4, 0.5) is 15.8 Å². The van der Waals surface area contributed by atoms with Gasteiger partial charge in [-0.25, -0.2) is 17.8 Å². The number of benzene rings is 2. The van der Waals surface area contributed by atoms with Crippen LogP contribution in [0.25, 0.3) is 5.69 Å². The van der Waals surface area contributed by atoms with Crippen molar-refractivity contribution in [2.75, 3.05) is 11.6 Å². The largest absolute Gasteiger partial charge is 0.375 e. The Bertz CT molecular complexity index is 1100. The standard InChI is InChI=1S/C17H15FN4O4S/c1-27(25,26)16-4-2-3-14(17(16)22(23)24)20-10-12-5-6-15(13(18)9-12)21-8-7-19-11-21/h2-9,11,20H,10H2,1H3. The zero-order valence-corrected chi connectivity index (χ0v) is 15.0. The summed E-state index contributed by atoms with van der Waals surface area (Å²) in [5.74, 6) is -0.480. The SMILES string of the molecule is CS(=O)(=O)c1cccc(NCc2ccc(-n3ccnc3)c(F)c2)c1[N+](=O)[O-]. The second-order valence-electron chi connectivity index (χ2n) is 5.79. The first-order valence-corrected chi connectivity index (χ1v) is 9.64. The number of nitrogens with one attached hydrogen (secondary N) is 1. The van der Waals surface area contributed by atoms with Crippen LogP contribution >= 0.6 is 0 Å². The van der Waals surface area contributed by atoms with E-state index in [2.05, 4.69) is 10.3 Å². The minimum absolute atomic E-state index is 0.0435. The molecule has 0 radical (unpaired) electrons. The lowest BCUT2D eigenvalue weighted by Gasteiger charge is -2.11. The molecule has 0 aliphatic heterocycles. The van der Waals surface area contributed by atoms with Crippen molar-refractivity contribution < 1.29 is 17.7 Å². The Hall–Kier alpha value is -3.27. The molecule has 0 spiro atoms. The number of nitro benzene ring substituents is 1. The predicted molar refractivity (Wildman–Crippen MR) is 97.1 cm³/mol. The lowest BCUT2D eigenvalue weighted by molar-refractivity contribution is -0.386. The van der Waals surface area contributed by atoms with Gasteiger partial charge in [-0.05, 0) is 29.8 Å². The highest BCUT2D eigenvalue weighted by atomic mass is 32.2. The molecule has 0 amide bonds. The number of halogens is 1. The molecular weight excluding hydrogens is 375 g/mol. The molecule has 0 atom stereocenters. The molecule has 8 nitrogen and oxygen atoms in total. The summed E-state index contributed by atoms with van der Waals surface area (Å²) >= 11 is 0. The zero-order chi connectivity index (χ0) is 19.6. The molecule has 0 unspecified atom stereocenters. The monoisotopic (exact) mass is 390 g/mol. The fourth-order valence-electron chi connectivity index (χ4n) is 2.62. The van der Waals surface area contributed by atoms with Gasteiger partial charge in [0.25, 0.3) is 0 Å². The van der Waals surface area contributed by atoms with Gasteiger partial charge in [0.2, 0.25) is 0 Å². The number of anilines is 1. The summed E-state index contributed by atoms with van der Waals surface area (Å²) in [6, 6.07) is 8.53. The lowest BCUT2D eigenvalue weighted by atomic mass is 10.2. The number of aromatic nitrogens is 2. The molecule has 0 fully saturated rings. The van der Waals surface area contributed by atoms with Crippen LogP contribution < -0.4 is 5.32 Å². The number of hydrogen-bond acceptors (Lipinski definition) is 6. The van der Waals surface area contributed by atoms with E-state index in [0.717, 1.165) is 6.26 Å². The highest BCUT2D eigenvalue weighted by molar-refractivity contribution is 7.90. The Morgan fingerprint density at radius 3 is 2.67 bits per heavy atom. The van der Waals surface area contributed by atoms with Gasteiger partial charge in [0, 0.05) is 25.2 Å². The second-order valence-corrected chi connectivity index (χ2v) is 7.78. The summed E-state index contributed by atoms with van der Waals surface area (Å²) in [6.45, 7) is 0.0786. The van der Waals surface area contributed by atoms with Gasteiger partial charge >= 0.3 is 5.69 Å². The van der Waals surface area contributed by atoms with Crippen molar-refractivity contribution >= 4 is 21.2 Å². The molecule has 140 valence electrons. The Morgan fingerprint density at radius 2 is 2.07 bits per heavy atom. The predicted octanol–water partition coefficient (Wildman–Crippen LogP) is 2.94. The molecule has 0 aliphatic rings. The molecule has 1 aromatic heterocycles. The van der Waals surface area contributed by atoms with Crippen LogP contribution in [-0.4, -0.2) is 29.1 Å². The molecule has 0 aliphatic carbocycles. The van der Waals surface area contributed by atoms with Crippen LogP contribution in [0.2, 0.25) is 0 Å². The van der Waals surface area contributed by atoms with E-state index in [0.29, 0.717) is 11.3 Å². The van der Waals surface area contributed by atoms with Crippen LogP contribution in [0, 0.1) is 15.9 Å². The van der Waals surface area contributed by atoms with E-state index in [-0.39, 0.29) is 17.1 Å². The number of nitrogens with zero attached hydrogens (tertiary/aromatic N) is 3. The van der Waals surface area contributed by atoms with Gasteiger partial charge in [0.1, 0.15) is 16.4 Å². The quantitative estimate of drug-likeness (QED) is 0.512. The number of hydrogen-bond donors (Lipinski definition) is 1. The molecule has 0 saturated heterocycles. The average Bonchev–Trinajstić information content (AvgIpc) is 3.13. The van der Waals surface area contributed by atoms with E-state index < -0.39 is 26.3 Å². The molecule has 27 heavy (non-hydrogen) atoms. The third-order valence-corrected chi connectivity index (χ3v) is 4.99. The topological polar surface area (TPSA) is 107 Å². The van der Waals surface area contributed by atoms with Crippen LogP contribution in [-0.2, 0) is 16.4 Å². The fraction of sp³-hybridized carbons (Fsp3) is 0.118. The van der Waals surface area contributed by atoms with Crippen molar-refractivity contribution in [3.8, 4) is 5.69 Å². The molecule has 10 heteroatoms. The smallest absolute Gasteiger partial charge is 0.310 e. The van der Waals surface area contributed by atoms with Gasteiger partial charge in [-0.15, -0.1) is 0 Å². The van der Waals surface area contributed by atoms with Crippen molar-refractivity contribution in [1.29, 1.82) is 0 Å². The summed E-state index contributed by atoms with van der Waals surface area (Å²) in [7, 11) is -3.77. The maximum Gasteiger partial charge on any atom is 0.310 e. The normalized spacial score (nSPS) is 11.3. The number of imidazole rings is 1. The van der Waals surface area contributed by atoms with E-state index in [4.69, 9.17) is 0 Å². The fourth-order valence-corrected chi connectivity index (χ4v) is 3.48. The first-order valence-electron chi connectivity index (χ1n) is 7.75. The van der Waals surface area contributed by atoms with Gasteiger partial charge in [-0.2, -0.15) is 0 Å². The first-order chi connectivity index (χ1) is 12.8. The third kappa shape index (κ3) is 3.95. The van der Waals surface area contributed by atoms with Crippen LogP contribution in [0.5, 0.6) is 0 Å². The number of sulfone groups is 1. The van der Waals surface area contributed by atoms with E-state index in [1.165, 1.54) is 41.4 Å². The van der Waals surface area contributed by atoms with E-state index >= 15 is 0 Å². The van der Waals surface area contributed by atoms with E-state index in [1.54, 1.807) is 18.3 Å². The Labute approximate surface area is 154 Å². The van der Waals surface area contributed by atoms with Gasteiger partial charge in [0.05, 0.1) is 16.9 Å². The summed E-state index contributed by atoms with van der Waals surface area (Å²) in [4.78, 5) is 14.1. The van der Waals surface area contributed by atoms with E-state index in [9.17, 15) is 22.9 Å². The van der Waals surface area contributed by atoms with Crippen molar-refractivity contribution in [1.82, 2.24) is 9.55 Å². The average molecular weight is 390 g/mol. The van der Waals surface area contributed by atoms with Crippen LogP contribution in [0.1, 0.15) is 5.56 Å². The summed E-state index contributed by atoms with van der Waals surface area (Å²) in [6.07, 6.45) is 5.51. The van der Waals surface area contributed by atoms with Gasteiger partial charge in [-0.3, -0.25) is 10.1 Å². The third-order valence-electron chi connectivity index (χ3n) is 3.86. The molecule has 3 aromatic rings. The van der Waals surface area contributed by atoms with Gasteiger partial charge in [-0.1, -0.05) is 12.1 Å². The Kier molecular flexibility index (Phi) is 4.91. The number of rotatable bonds is 6. The summed E-state index contributed by atoms with van der Waals surface area (Å²) in [5, 5.41) is 14.2. The van der Waals surface area contributed by atoms with Gasteiger partial charge in [0.15, 0.2) is 9.84 Å². The lowest BCUT2D eigenvalue weighted by Crippen LogP contribution is -2.08. The molecule has 2 aromatic carbocycles. The van der Waals surface area contributed by atoms with E-state index in [1.807, 2.05) is 0 Å². The molecule has 1 heterocycles. The number of nitro groups is 1. The molecule has 3 rings (SSSR count). The van der Waals surface area contributed by atoms with Crippen molar-refractivity contribution in [2.24, 2.45) is 0 Å². The first kappa shape index (κ1) is 18.5. The van der Waals surface area contributed by atoms with Crippen molar-refractivity contribution in [2.45, 2.75) is 11.4 Å². The zero-order valence-electron chi connectivity index (χ0n) is 14.2. The minimum atomic E-state index is -3.77. The summed E-state index contributed by atoms with van der Waals surface area (Å²) in [5.41, 5.74) is 0.370.